The summed E-state index contributed by atoms with van der Waals surface area (Å²) in [6.07, 6.45) is 0. The van der Waals surface area contributed by atoms with Crippen LogP contribution in [0.25, 0.3) is 0 Å². The maximum absolute atomic E-state index is 12.3. The van der Waals surface area contributed by atoms with Gasteiger partial charge in [-0.2, -0.15) is 0 Å². The van der Waals surface area contributed by atoms with Gasteiger partial charge in [0.15, 0.2) is 6.61 Å². The highest BCUT2D eigenvalue weighted by atomic mass is 35.5. The summed E-state index contributed by atoms with van der Waals surface area (Å²) < 4.78 is 5.62. The molecular weight excluding hydrogens is 336 g/mol. The molecule has 3 rings (SSSR count). The van der Waals surface area contributed by atoms with Crippen molar-refractivity contribution in [3.63, 3.8) is 0 Å². The van der Waals surface area contributed by atoms with Crippen LogP contribution in [0, 0.1) is 6.92 Å². The molecule has 5 heteroatoms. The Balaban J connectivity index is 1.45. The van der Waals surface area contributed by atoms with Gasteiger partial charge < -0.3 is 14.5 Å². The van der Waals surface area contributed by atoms with Gasteiger partial charge in [-0.15, -0.1) is 0 Å². The maximum atomic E-state index is 12.3. The summed E-state index contributed by atoms with van der Waals surface area (Å²) >= 11 is 6.24. The lowest BCUT2D eigenvalue weighted by atomic mass is 10.2. The number of hydrogen-bond acceptors (Lipinski definition) is 2. The van der Waals surface area contributed by atoms with E-state index >= 15 is 0 Å². The van der Waals surface area contributed by atoms with Gasteiger partial charge in [-0.3, -0.25) is 4.79 Å². The highest BCUT2D eigenvalue weighted by Gasteiger charge is 2.24. The Kier molecular flexibility index (Phi) is 5.95. The molecule has 0 bridgehead atoms. The number of nitrogens with zero attached hydrogens (tertiary/aromatic N) is 1. The first-order valence-electron chi connectivity index (χ1n) is 8.66. The van der Waals surface area contributed by atoms with Crippen molar-refractivity contribution in [3.8, 4) is 5.75 Å². The van der Waals surface area contributed by atoms with Gasteiger partial charge in [0.05, 0.1) is 26.2 Å². The molecule has 0 radical (unpaired) electrons. The first-order chi connectivity index (χ1) is 12.1. The van der Waals surface area contributed by atoms with E-state index in [0.717, 1.165) is 49.1 Å². The van der Waals surface area contributed by atoms with E-state index in [-0.39, 0.29) is 12.5 Å². The van der Waals surface area contributed by atoms with Crippen LogP contribution in [0.5, 0.6) is 5.75 Å². The Morgan fingerprint density at radius 1 is 1.16 bits per heavy atom. The second kappa shape index (κ2) is 8.37. The number of piperazine rings is 1. The van der Waals surface area contributed by atoms with E-state index in [1.165, 1.54) is 10.5 Å². The molecule has 1 saturated heterocycles. The molecule has 0 atom stereocenters. The van der Waals surface area contributed by atoms with Gasteiger partial charge in [-0.05, 0) is 30.7 Å². The van der Waals surface area contributed by atoms with E-state index in [4.69, 9.17) is 16.3 Å². The third-order valence-electron chi connectivity index (χ3n) is 4.57. The monoisotopic (exact) mass is 359 g/mol. The fourth-order valence-electron chi connectivity index (χ4n) is 3.10. The van der Waals surface area contributed by atoms with Gasteiger partial charge >= 0.3 is 0 Å². The number of hydrogen-bond donors (Lipinski definition) is 1. The molecule has 0 saturated carbocycles. The molecule has 1 N–H and O–H groups in total. The van der Waals surface area contributed by atoms with Crippen molar-refractivity contribution in [3.05, 3.63) is 64.7 Å². The van der Waals surface area contributed by atoms with Crippen molar-refractivity contribution in [1.82, 2.24) is 4.90 Å². The van der Waals surface area contributed by atoms with Crippen LogP contribution in [0.4, 0.5) is 0 Å². The number of ether oxygens (including phenoxy) is 1. The molecular formula is C20H24ClN2O2+. The minimum Gasteiger partial charge on any atom is -0.484 e. The number of benzene rings is 2. The zero-order valence-corrected chi connectivity index (χ0v) is 15.3. The first kappa shape index (κ1) is 17.8. The zero-order chi connectivity index (χ0) is 17.6. The van der Waals surface area contributed by atoms with Crippen molar-refractivity contribution in [2.24, 2.45) is 0 Å². The van der Waals surface area contributed by atoms with Crippen LogP contribution in [0.1, 0.15) is 11.1 Å². The fourth-order valence-corrected chi connectivity index (χ4v) is 3.30. The average molecular weight is 360 g/mol. The quantitative estimate of drug-likeness (QED) is 0.885. The van der Waals surface area contributed by atoms with E-state index in [1.807, 2.05) is 54.3 Å². The van der Waals surface area contributed by atoms with Gasteiger partial charge in [0.1, 0.15) is 12.3 Å². The van der Waals surface area contributed by atoms with Crippen molar-refractivity contribution in [2.75, 3.05) is 32.8 Å². The third-order valence-corrected chi connectivity index (χ3v) is 4.94. The van der Waals surface area contributed by atoms with Crippen LogP contribution >= 0.6 is 11.6 Å². The minimum absolute atomic E-state index is 0.0540. The molecule has 0 unspecified atom stereocenters. The number of halogens is 1. The van der Waals surface area contributed by atoms with Gasteiger partial charge in [0.25, 0.3) is 5.91 Å². The molecule has 1 heterocycles. The fraction of sp³-hybridized carbons (Fsp3) is 0.350. The molecule has 1 fully saturated rings. The summed E-state index contributed by atoms with van der Waals surface area (Å²) in [4.78, 5) is 15.7. The van der Waals surface area contributed by atoms with Gasteiger partial charge in [0, 0.05) is 10.6 Å². The summed E-state index contributed by atoms with van der Waals surface area (Å²) in [6, 6.07) is 15.7. The number of aryl methyl sites for hydroxylation is 1. The highest BCUT2D eigenvalue weighted by Crippen LogP contribution is 2.14. The molecule has 2 aromatic carbocycles. The molecule has 2 aromatic rings. The van der Waals surface area contributed by atoms with Gasteiger partial charge in [0.2, 0.25) is 0 Å². The number of amides is 1. The number of carbonyl (C=O) groups excluding carboxylic acids is 1. The van der Waals surface area contributed by atoms with Crippen molar-refractivity contribution < 1.29 is 14.4 Å². The van der Waals surface area contributed by atoms with Crippen LogP contribution in [0.15, 0.2) is 48.5 Å². The zero-order valence-electron chi connectivity index (χ0n) is 14.5. The van der Waals surface area contributed by atoms with E-state index in [0.29, 0.717) is 0 Å². The van der Waals surface area contributed by atoms with E-state index < -0.39 is 0 Å². The second-order valence-electron chi connectivity index (χ2n) is 6.50. The SMILES string of the molecule is Cc1cccc(OCC(=O)N2CC[NH+](Cc3ccccc3Cl)CC2)c1. The van der Waals surface area contributed by atoms with Gasteiger partial charge in [-0.1, -0.05) is 41.9 Å². The molecule has 132 valence electrons. The molecule has 25 heavy (non-hydrogen) atoms. The number of nitrogens with one attached hydrogen (secondary N) is 1. The Morgan fingerprint density at radius 3 is 2.64 bits per heavy atom. The predicted molar refractivity (Wildman–Crippen MR) is 99.1 cm³/mol. The molecule has 4 nitrogen and oxygen atoms in total. The number of carbonyl (C=O) groups is 1. The van der Waals surface area contributed by atoms with E-state index in [9.17, 15) is 4.79 Å². The van der Waals surface area contributed by atoms with Crippen LogP contribution in [0.3, 0.4) is 0 Å². The molecule has 0 aromatic heterocycles. The molecule has 1 aliphatic heterocycles. The predicted octanol–water partition coefficient (Wildman–Crippen LogP) is 1.95. The normalized spacial score (nSPS) is 15.2. The van der Waals surface area contributed by atoms with Gasteiger partial charge in [-0.25, -0.2) is 0 Å². The summed E-state index contributed by atoms with van der Waals surface area (Å²) in [5.74, 6) is 0.801. The van der Waals surface area contributed by atoms with Crippen LogP contribution in [-0.2, 0) is 11.3 Å². The summed E-state index contributed by atoms with van der Waals surface area (Å²) in [5.41, 5.74) is 2.29. The Bertz CT molecular complexity index is 727. The van der Waals surface area contributed by atoms with Crippen LogP contribution in [-0.4, -0.2) is 43.6 Å². The third kappa shape index (κ3) is 4.97. The lowest BCUT2D eigenvalue weighted by Gasteiger charge is -2.32. The molecule has 0 aliphatic carbocycles. The summed E-state index contributed by atoms with van der Waals surface area (Å²) in [7, 11) is 0. The number of quaternary nitrogens is 1. The number of rotatable bonds is 5. The lowest BCUT2D eigenvalue weighted by molar-refractivity contribution is -0.917. The summed E-state index contributed by atoms with van der Waals surface area (Å²) in [5, 5.41) is 0.820. The maximum Gasteiger partial charge on any atom is 0.260 e. The Morgan fingerprint density at radius 2 is 1.92 bits per heavy atom. The van der Waals surface area contributed by atoms with E-state index in [1.54, 1.807) is 0 Å². The Labute approximate surface area is 154 Å². The lowest BCUT2D eigenvalue weighted by Crippen LogP contribution is -3.13. The van der Waals surface area contributed by atoms with Crippen molar-refractivity contribution >= 4 is 17.5 Å². The minimum atomic E-state index is 0.0540. The first-order valence-corrected chi connectivity index (χ1v) is 9.04. The van der Waals surface area contributed by atoms with Crippen LogP contribution in [0.2, 0.25) is 5.02 Å². The summed E-state index contributed by atoms with van der Waals surface area (Å²) in [6.45, 7) is 6.40. The molecule has 0 spiro atoms. The standard InChI is InChI=1S/C20H23ClN2O2/c1-16-5-4-7-18(13-16)25-15-20(24)23-11-9-22(10-12-23)14-17-6-2-3-8-19(17)21/h2-8,13H,9-12,14-15H2,1H3/p+1. The molecule has 1 amide bonds. The van der Waals surface area contributed by atoms with Crippen LogP contribution < -0.4 is 9.64 Å². The molecule has 1 aliphatic rings. The topological polar surface area (TPSA) is 34.0 Å². The van der Waals surface area contributed by atoms with Crippen molar-refractivity contribution in [2.45, 2.75) is 13.5 Å². The second-order valence-corrected chi connectivity index (χ2v) is 6.91. The smallest absolute Gasteiger partial charge is 0.260 e. The average Bonchev–Trinajstić information content (AvgIpc) is 2.62. The Hall–Kier alpha value is -2.04. The highest BCUT2D eigenvalue weighted by molar-refractivity contribution is 6.31. The van der Waals surface area contributed by atoms with E-state index in [2.05, 4.69) is 6.07 Å². The largest absolute Gasteiger partial charge is 0.484 e. The van der Waals surface area contributed by atoms with Crippen molar-refractivity contribution in [1.29, 1.82) is 0 Å².